The molecule has 0 unspecified atom stereocenters. The summed E-state index contributed by atoms with van der Waals surface area (Å²) in [6.45, 7) is 5.12. The van der Waals surface area contributed by atoms with E-state index in [0.29, 0.717) is 16.9 Å². The minimum atomic E-state index is -4.58. The second-order valence-electron chi connectivity index (χ2n) is 8.58. The van der Waals surface area contributed by atoms with Gasteiger partial charge in [0.2, 0.25) is 10.0 Å². The summed E-state index contributed by atoms with van der Waals surface area (Å²) in [7, 11) is -3.47. The van der Waals surface area contributed by atoms with Crippen molar-refractivity contribution in [3.8, 4) is 5.69 Å². The van der Waals surface area contributed by atoms with E-state index in [1.54, 1.807) is 45.0 Å². The molecule has 0 bridgehead atoms. The average Bonchev–Trinajstić information content (AvgIpc) is 2.77. The predicted octanol–water partition coefficient (Wildman–Crippen LogP) is 4.27. The molecule has 0 saturated heterocycles. The van der Waals surface area contributed by atoms with Gasteiger partial charge in [0.15, 0.2) is 0 Å². The van der Waals surface area contributed by atoms with E-state index in [1.165, 1.54) is 28.6 Å². The van der Waals surface area contributed by atoms with Gasteiger partial charge in [0.25, 0.3) is 11.5 Å². The topological polar surface area (TPSA) is 88.5 Å². The Hall–Kier alpha value is -3.60. The molecule has 7 nitrogen and oxygen atoms in total. The van der Waals surface area contributed by atoms with Crippen LogP contribution in [0.1, 0.15) is 41.0 Å². The lowest BCUT2D eigenvalue weighted by Gasteiger charge is -2.26. The molecule has 0 aliphatic heterocycles. The quantitative estimate of drug-likeness (QED) is 0.503. The first-order chi connectivity index (χ1) is 16.7. The highest BCUT2D eigenvalue weighted by atomic mass is 32.2. The van der Waals surface area contributed by atoms with E-state index in [4.69, 9.17) is 0 Å². The molecule has 3 aromatic rings. The van der Waals surface area contributed by atoms with Crippen molar-refractivity contribution in [1.82, 2.24) is 9.88 Å². The predicted molar refractivity (Wildman–Crippen MR) is 132 cm³/mol. The minimum absolute atomic E-state index is 0.00172. The van der Waals surface area contributed by atoms with Crippen molar-refractivity contribution in [2.45, 2.75) is 39.5 Å². The third-order valence-corrected chi connectivity index (χ3v) is 6.77. The van der Waals surface area contributed by atoms with Gasteiger partial charge in [0.05, 0.1) is 17.5 Å². The highest BCUT2D eigenvalue weighted by Gasteiger charge is 2.30. The molecule has 36 heavy (non-hydrogen) atoms. The van der Waals surface area contributed by atoms with Crippen LogP contribution in [0.25, 0.3) is 5.69 Å². The third kappa shape index (κ3) is 5.96. The molecule has 0 radical (unpaired) electrons. The monoisotopic (exact) mass is 521 g/mol. The highest BCUT2D eigenvalue weighted by molar-refractivity contribution is 7.92. The number of sulfonamides is 1. The number of aryl methyl sites for hydroxylation is 1. The largest absolute Gasteiger partial charge is 0.416 e. The number of aromatic nitrogens is 1. The van der Waals surface area contributed by atoms with Gasteiger partial charge < -0.3 is 5.32 Å². The standard InChI is InChI=1S/C25H26F3N3O4S/c1-16(2)31(36(4,34)35)20-11-9-18(10-12-20)15-29-23(32)22-13-8-17(3)30(24(22)33)21-7-5-6-19(14-21)25(26,27)28/h5-14,16H,15H2,1-4H3,(H,29,32). The summed E-state index contributed by atoms with van der Waals surface area (Å²) in [6, 6.07) is 13.4. The number of nitrogens with one attached hydrogen (secondary N) is 1. The van der Waals surface area contributed by atoms with E-state index >= 15 is 0 Å². The number of carbonyl (C=O) groups is 1. The lowest BCUT2D eigenvalue weighted by Crippen LogP contribution is -2.36. The van der Waals surface area contributed by atoms with Gasteiger partial charge in [0.1, 0.15) is 5.56 Å². The van der Waals surface area contributed by atoms with Crippen molar-refractivity contribution in [2.24, 2.45) is 0 Å². The Morgan fingerprint density at radius 2 is 1.69 bits per heavy atom. The smallest absolute Gasteiger partial charge is 0.348 e. The van der Waals surface area contributed by atoms with Crippen molar-refractivity contribution < 1.29 is 26.4 Å². The number of pyridine rings is 1. The molecule has 1 aromatic heterocycles. The van der Waals surface area contributed by atoms with Crippen molar-refractivity contribution in [2.75, 3.05) is 10.6 Å². The Labute approximate surface area is 207 Å². The molecule has 0 atom stereocenters. The Morgan fingerprint density at radius 1 is 1.06 bits per heavy atom. The van der Waals surface area contributed by atoms with Crippen LogP contribution in [0.4, 0.5) is 18.9 Å². The number of halogens is 3. The van der Waals surface area contributed by atoms with Crippen LogP contribution in [0, 0.1) is 6.92 Å². The maximum Gasteiger partial charge on any atom is 0.416 e. The summed E-state index contributed by atoms with van der Waals surface area (Å²) >= 11 is 0. The first-order valence-electron chi connectivity index (χ1n) is 11.0. The molecule has 1 heterocycles. The van der Waals surface area contributed by atoms with Crippen molar-refractivity contribution in [1.29, 1.82) is 0 Å². The first-order valence-corrected chi connectivity index (χ1v) is 12.8. The van der Waals surface area contributed by atoms with Gasteiger partial charge in [-0.15, -0.1) is 0 Å². The van der Waals surface area contributed by atoms with Crippen LogP contribution >= 0.6 is 0 Å². The van der Waals surface area contributed by atoms with Crippen LogP contribution in [0.5, 0.6) is 0 Å². The fourth-order valence-electron chi connectivity index (χ4n) is 3.86. The Kier molecular flexibility index (Phi) is 7.63. The molecular weight excluding hydrogens is 495 g/mol. The molecule has 1 amide bonds. The Morgan fingerprint density at radius 3 is 2.25 bits per heavy atom. The summed E-state index contributed by atoms with van der Waals surface area (Å²) < 4.78 is 65.9. The fourth-order valence-corrected chi connectivity index (χ4v) is 5.13. The summed E-state index contributed by atoms with van der Waals surface area (Å²) in [5.74, 6) is -0.690. The zero-order valence-electron chi connectivity index (χ0n) is 20.1. The van der Waals surface area contributed by atoms with E-state index in [2.05, 4.69) is 5.32 Å². The summed E-state index contributed by atoms with van der Waals surface area (Å²) in [5, 5.41) is 2.63. The Bertz CT molecular complexity index is 1430. The summed E-state index contributed by atoms with van der Waals surface area (Å²) in [5.41, 5.74) is -0.373. The molecule has 192 valence electrons. The minimum Gasteiger partial charge on any atom is -0.348 e. The normalized spacial score (nSPS) is 12.0. The van der Waals surface area contributed by atoms with E-state index < -0.39 is 33.2 Å². The van der Waals surface area contributed by atoms with Crippen LogP contribution in [-0.2, 0) is 22.7 Å². The Balaban J connectivity index is 1.83. The molecule has 0 fully saturated rings. The number of carbonyl (C=O) groups excluding carboxylic acids is 1. The number of hydrogen-bond acceptors (Lipinski definition) is 4. The molecule has 11 heteroatoms. The van der Waals surface area contributed by atoms with Crippen molar-refractivity contribution in [3.05, 3.63) is 93.4 Å². The maximum atomic E-state index is 13.1. The summed E-state index contributed by atoms with van der Waals surface area (Å²) in [4.78, 5) is 25.8. The van der Waals surface area contributed by atoms with Gasteiger partial charge in [-0.3, -0.25) is 18.5 Å². The second-order valence-corrected chi connectivity index (χ2v) is 10.4. The van der Waals surface area contributed by atoms with Crippen molar-refractivity contribution in [3.63, 3.8) is 0 Å². The lowest BCUT2D eigenvalue weighted by atomic mass is 10.1. The molecule has 0 aliphatic rings. The molecule has 1 N–H and O–H groups in total. The number of alkyl halides is 3. The van der Waals surface area contributed by atoms with E-state index in [-0.39, 0.29) is 23.8 Å². The maximum absolute atomic E-state index is 13.1. The van der Waals surface area contributed by atoms with Crippen LogP contribution in [0.15, 0.2) is 65.5 Å². The highest BCUT2D eigenvalue weighted by Crippen LogP contribution is 2.30. The van der Waals surface area contributed by atoms with Gasteiger partial charge in [-0.2, -0.15) is 13.2 Å². The van der Waals surface area contributed by atoms with Crippen LogP contribution in [-0.4, -0.2) is 31.2 Å². The molecule has 3 rings (SSSR count). The van der Waals surface area contributed by atoms with Crippen molar-refractivity contribution >= 4 is 21.6 Å². The van der Waals surface area contributed by atoms with Gasteiger partial charge in [0, 0.05) is 24.0 Å². The van der Waals surface area contributed by atoms with E-state index in [0.717, 1.165) is 23.0 Å². The van der Waals surface area contributed by atoms with Gasteiger partial charge in [-0.05, 0) is 68.8 Å². The molecular formula is C25H26F3N3O4S. The molecule has 0 saturated carbocycles. The number of hydrogen-bond donors (Lipinski definition) is 1. The molecule has 0 spiro atoms. The average molecular weight is 522 g/mol. The zero-order valence-corrected chi connectivity index (χ0v) is 20.9. The zero-order chi connectivity index (χ0) is 26.8. The van der Waals surface area contributed by atoms with Crippen LogP contribution in [0.2, 0.25) is 0 Å². The first kappa shape index (κ1) is 27.0. The van der Waals surface area contributed by atoms with E-state index in [9.17, 15) is 31.2 Å². The van der Waals surface area contributed by atoms with Crippen LogP contribution < -0.4 is 15.2 Å². The van der Waals surface area contributed by atoms with E-state index in [1.807, 2.05) is 0 Å². The van der Waals surface area contributed by atoms with Gasteiger partial charge in [-0.25, -0.2) is 8.42 Å². The number of nitrogens with zero attached hydrogens (tertiary/aromatic N) is 2. The van der Waals surface area contributed by atoms with Crippen LogP contribution in [0.3, 0.4) is 0 Å². The fraction of sp³-hybridized carbons (Fsp3) is 0.280. The molecule has 0 aliphatic carbocycles. The second kappa shape index (κ2) is 10.2. The third-order valence-electron chi connectivity index (χ3n) is 5.42. The SMILES string of the molecule is Cc1ccc(C(=O)NCc2ccc(N(C(C)C)S(C)(=O)=O)cc2)c(=O)n1-c1cccc(C(F)(F)F)c1. The number of amides is 1. The lowest BCUT2D eigenvalue weighted by molar-refractivity contribution is -0.137. The molecule has 2 aromatic carbocycles. The summed E-state index contributed by atoms with van der Waals surface area (Å²) in [6.07, 6.45) is -3.46. The van der Waals surface area contributed by atoms with Gasteiger partial charge in [-0.1, -0.05) is 18.2 Å². The number of anilines is 1. The number of benzene rings is 2. The van der Waals surface area contributed by atoms with Gasteiger partial charge >= 0.3 is 6.18 Å². The number of rotatable bonds is 7.